The third kappa shape index (κ3) is 2.81. The zero-order valence-corrected chi connectivity index (χ0v) is 10.8. The number of hydrogen-bond donors (Lipinski definition) is 0. The number of aromatic nitrogens is 2. The molecule has 1 aromatic carbocycles. The molecule has 0 N–H and O–H groups in total. The van der Waals surface area contributed by atoms with Crippen molar-refractivity contribution < 1.29 is 4.74 Å². The fraction of sp³-hybridized carbons (Fsp3) is 0.182. The molecule has 2 rings (SSSR count). The molecular weight excluding hydrogens is 260 g/mol. The number of aryl methyl sites for hydroxylation is 2. The molecule has 0 aliphatic heterocycles. The van der Waals surface area contributed by atoms with Gasteiger partial charge in [-0.05, 0) is 37.1 Å². The van der Waals surface area contributed by atoms with Crippen molar-refractivity contribution in [2.75, 3.05) is 0 Å². The van der Waals surface area contributed by atoms with Crippen LogP contribution in [0.25, 0.3) is 0 Å². The highest BCUT2D eigenvalue weighted by molar-refractivity contribution is 6.99. The summed E-state index contributed by atoms with van der Waals surface area (Å²) in [6.45, 7) is 3.90. The van der Waals surface area contributed by atoms with Gasteiger partial charge in [0.15, 0.2) is 5.15 Å². The van der Waals surface area contributed by atoms with E-state index < -0.39 is 5.43 Å². The molecule has 0 unspecified atom stereocenters. The first-order valence-electron chi connectivity index (χ1n) is 4.85. The van der Waals surface area contributed by atoms with E-state index in [0.717, 1.165) is 22.9 Å². The zero-order valence-electron chi connectivity index (χ0n) is 9.23. The molecule has 0 aliphatic carbocycles. The minimum absolute atomic E-state index is 0.0417. The van der Waals surface area contributed by atoms with Gasteiger partial charge in [0.2, 0.25) is 0 Å². The summed E-state index contributed by atoms with van der Waals surface area (Å²) in [4.78, 5) is 11.6. The Morgan fingerprint density at radius 2 is 1.82 bits per heavy atom. The van der Waals surface area contributed by atoms with Gasteiger partial charge in [0, 0.05) is 0 Å². The molecule has 6 heteroatoms. The molecule has 88 valence electrons. The first-order valence-corrected chi connectivity index (χ1v) is 5.95. The molecule has 0 bridgehead atoms. The molecule has 0 aliphatic rings. The van der Waals surface area contributed by atoms with Crippen molar-refractivity contribution in [2.45, 2.75) is 13.8 Å². The largest absolute Gasteiger partial charge is 0.435 e. The minimum Gasteiger partial charge on any atom is -0.435 e. The first-order chi connectivity index (χ1) is 8.06. The highest BCUT2D eigenvalue weighted by Crippen LogP contribution is 2.21. The van der Waals surface area contributed by atoms with E-state index in [1.807, 2.05) is 32.0 Å². The molecule has 0 radical (unpaired) electrons. The molecule has 4 nitrogen and oxygen atoms in total. The third-order valence-corrected chi connectivity index (χ3v) is 2.90. The highest BCUT2D eigenvalue weighted by Gasteiger charge is 2.09. The molecule has 0 amide bonds. The average molecular weight is 269 g/mol. The van der Waals surface area contributed by atoms with Crippen LogP contribution in [0.15, 0.2) is 23.0 Å². The second-order valence-corrected chi connectivity index (χ2v) is 4.50. The molecule has 17 heavy (non-hydrogen) atoms. The van der Waals surface area contributed by atoms with Crippen LogP contribution in [-0.4, -0.2) is 8.75 Å². The maximum absolute atomic E-state index is 11.6. The summed E-state index contributed by atoms with van der Waals surface area (Å²) in [5.74, 6) is 0.529. The molecule has 2 aromatic rings. The monoisotopic (exact) mass is 268 g/mol. The molecule has 0 saturated carbocycles. The normalized spacial score (nSPS) is 10.3. The average Bonchev–Trinajstić information content (AvgIpc) is 2.23. The van der Waals surface area contributed by atoms with E-state index in [2.05, 4.69) is 8.75 Å². The Kier molecular flexibility index (Phi) is 3.40. The van der Waals surface area contributed by atoms with Crippen LogP contribution >= 0.6 is 23.3 Å². The second kappa shape index (κ2) is 4.81. The minimum atomic E-state index is -0.496. The summed E-state index contributed by atoms with van der Waals surface area (Å²) in [5.41, 5.74) is 1.61. The Morgan fingerprint density at radius 3 is 2.47 bits per heavy atom. The number of hydrogen-bond acceptors (Lipinski definition) is 5. The molecule has 0 atom stereocenters. The van der Waals surface area contributed by atoms with Crippen molar-refractivity contribution >= 4 is 23.3 Å². The Hall–Kier alpha value is -1.46. The van der Waals surface area contributed by atoms with Crippen molar-refractivity contribution in [2.24, 2.45) is 0 Å². The molecule has 0 fully saturated rings. The van der Waals surface area contributed by atoms with E-state index in [1.165, 1.54) is 0 Å². The number of ether oxygens (including phenoxy) is 1. The molecule has 1 aromatic heterocycles. The Labute approximate surface area is 107 Å². The lowest BCUT2D eigenvalue weighted by Gasteiger charge is -2.05. The molecule has 0 spiro atoms. The molecule has 0 saturated heterocycles. The lowest BCUT2D eigenvalue weighted by molar-refractivity contribution is 0.461. The van der Waals surface area contributed by atoms with Gasteiger partial charge >= 0.3 is 0 Å². The smallest absolute Gasteiger partial charge is 0.283 e. The van der Waals surface area contributed by atoms with Crippen LogP contribution < -0.4 is 10.2 Å². The number of nitrogens with zero attached hydrogens (tertiary/aromatic N) is 2. The van der Waals surface area contributed by atoms with Gasteiger partial charge in [0.25, 0.3) is 11.3 Å². The van der Waals surface area contributed by atoms with Gasteiger partial charge in [0.05, 0.1) is 11.7 Å². The van der Waals surface area contributed by atoms with E-state index in [9.17, 15) is 4.79 Å². The summed E-state index contributed by atoms with van der Waals surface area (Å²) in [5, 5.41) is -0.121. The maximum atomic E-state index is 11.6. The summed E-state index contributed by atoms with van der Waals surface area (Å²) >= 11 is 6.45. The van der Waals surface area contributed by atoms with Gasteiger partial charge < -0.3 is 4.74 Å². The highest BCUT2D eigenvalue weighted by atomic mass is 35.5. The van der Waals surface area contributed by atoms with Gasteiger partial charge in [-0.15, -0.1) is 4.37 Å². The van der Waals surface area contributed by atoms with Gasteiger partial charge in [-0.25, -0.2) is 0 Å². The lowest BCUT2D eigenvalue weighted by Crippen LogP contribution is -2.07. The first kappa shape index (κ1) is 12.0. The second-order valence-electron chi connectivity index (χ2n) is 3.61. The van der Waals surface area contributed by atoms with E-state index >= 15 is 0 Å². The summed E-state index contributed by atoms with van der Waals surface area (Å²) in [6, 6.07) is 5.67. The van der Waals surface area contributed by atoms with Gasteiger partial charge in [-0.1, -0.05) is 17.7 Å². The quantitative estimate of drug-likeness (QED) is 0.840. The fourth-order valence-electron chi connectivity index (χ4n) is 1.43. The van der Waals surface area contributed by atoms with Crippen LogP contribution in [0, 0.1) is 13.8 Å². The van der Waals surface area contributed by atoms with Crippen LogP contribution in [0.4, 0.5) is 0 Å². The van der Waals surface area contributed by atoms with Crippen molar-refractivity contribution in [3.63, 3.8) is 0 Å². The lowest BCUT2D eigenvalue weighted by atomic mass is 10.1. The van der Waals surface area contributed by atoms with Crippen molar-refractivity contribution in [1.29, 1.82) is 0 Å². The van der Waals surface area contributed by atoms with E-state index in [-0.39, 0.29) is 11.0 Å². The fourth-order valence-corrected chi connectivity index (χ4v) is 2.00. The van der Waals surface area contributed by atoms with Crippen molar-refractivity contribution in [1.82, 2.24) is 8.75 Å². The number of halogens is 1. The Morgan fingerprint density at radius 1 is 1.18 bits per heavy atom. The molecular formula is C11H9ClN2O2S. The van der Waals surface area contributed by atoms with Gasteiger partial charge in [-0.3, -0.25) is 4.79 Å². The van der Waals surface area contributed by atoms with Crippen molar-refractivity contribution in [3.8, 4) is 11.6 Å². The number of rotatable bonds is 2. The maximum Gasteiger partial charge on any atom is 0.283 e. The van der Waals surface area contributed by atoms with Crippen LogP contribution in [0.1, 0.15) is 11.1 Å². The van der Waals surface area contributed by atoms with Crippen LogP contribution in [0.5, 0.6) is 11.6 Å². The standard InChI is InChI=1S/C11H9ClN2O2S/c1-6-3-7(2)5-8(4-6)16-11-9(15)10(12)13-17-14-11/h3-5H,1-2H3. The zero-order chi connectivity index (χ0) is 12.4. The van der Waals surface area contributed by atoms with Gasteiger partial charge in [-0.2, -0.15) is 4.37 Å². The van der Waals surface area contributed by atoms with E-state index in [1.54, 1.807) is 0 Å². The summed E-state index contributed by atoms with van der Waals surface area (Å²) in [7, 11) is 0. The SMILES string of the molecule is Cc1cc(C)cc(Oc2nsnc(Cl)c2=O)c1. The predicted octanol–water partition coefficient (Wildman–Crippen LogP) is 2.96. The molecule has 1 heterocycles. The number of benzene rings is 1. The summed E-state index contributed by atoms with van der Waals surface area (Å²) < 4.78 is 12.8. The van der Waals surface area contributed by atoms with Crippen LogP contribution in [-0.2, 0) is 0 Å². The van der Waals surface area contributed by atoms with E-state index in [4.69, 9.17) is 16.3 Å². The Balaban J connectivity index is 2.38. The Bertz CT molecular complexity index is 592. The van der Waals surface area contributed by atoms with Crippen molar-refractivity contribution in [3.05, 3.63) is 44.7 Å². The van der Waals surface area contributed by atoms with Crippen LogP contribution in [0.2, 0.25) is 5.15 Å². The topological polar surface area (TPSA) is 52.1 Å². The van der Waals surface area contributed by atoms with Crippen LogP contribution in [0.3, 0.4) is 0 Å². The van der Waals surface area contributed by atoms with Gasteiger partial charge in [0.1, 0.15) is 5.75 Å². The summed E-state index contributed by atoms with van der Waals surface area (Å²) in [6.07, 6.45) is 0. The third-order valence-electron chi connectivity index (χ3n) is 2.04. The predicted molar refractivity (Wildman–Crippen MR) is 67.2 cm³/mol. The van der Waals surface area contributed by atoms with E-state index in [0.29, 0.717) is 5.75 Å².